The molecule has 0 aromatic heterocycles. The molecule has 8 heteroatoms. The highest BCUT2D eigenvalue weighted by atomic mass is 16.6. The zero-order valence-corrected chi connectivity index (χ0v) is 33.5. The maximum absolute atomic E-state index is 12.6. The second-order valence-corrected chi connectivity index (χ2v) is 14.1. The van der Waals surface area contributed by atoms with Crippen molar-refractivity contribution < 1.29 is 38.2 Å². The van der Waals surface area contributed by atoms with Gasteiger partial charge in [-0.15, -0.1) is 0 Å². The number of rotatable bonds is 34. The lowest BCUT2D eigenvalue weighted by Crippen LogP contribution is -2.50. The van der Waals surface area contributed by atoms with Crippen molar-refractivity contribution in [2.45, 2.75) is 148 Å². The molecule has 2 atom stereocenters. The number of carbonyl (C=O) groups excluding carboxylic acids is 2. The minimum absolute atomic E-state index is 0.0360. The molecule has 296 valence electrons. The summed E-state index contributed by atoms with van der Waals surface area (Å²) in [6.45, 7) is 4.48. The van der Waals surface area contributed by atoms with Crippen LogP contribution in [0.1, 0.15) is 136 Å². The van der Waals surface area contributed by atoms with Gasteiger partial charge in [0, 0.05) is 19.3 Å². The Morgan fingerprint density at radius 2 is 1.10 bits per heavy atom. The van der Waals surface area contributed by atoms with Crippen LogP contribution in [0.5, 0.6) is 0 Å². The highest BCUT2D eigenvalue weighted by Crippen LogP contribution is 2.12. The fourth-order valence-corrected chi connectivity index (χ4v) is 5.22. The fourth-order valence-electron chi connectivity index (χ4n) is 5.22. The quantitative estimate of drug-likeness (QED) is 0.0305. The topological polar surface area (TPSA) is 99.1 Å². The molecule has 2 unspecified atom stereocenters. The van der Waals surface area contributed by atoms with E-state index < -0.39 is 18.1 Å². The van der Waals surface area contributed by atoms with E-state index in [1.165, 1.54) is 12.8 Å². The van der Waals surface area contributed by atoms with Gasteiger partial charge in [-0.3, -0.25) is 9.59 Å². The maximum Gasteiger partial charge on any atom is 0.362 e. The van der Waals surface area contributed by atoms with Crippen LogP contribution < -0.4 is 0 Å². The van der Waals surface area contributed by atoms with Crippen LogP contribution in [0, 0.1) is 0 Å². The molecule has 0 bridgehead atoms. The standard InChI is InChI=1S/C44H73NO7/c1-6-8-10-12-14-16-18-19-20-21-22-23-25-26-28-30-32-34-42(46)51-39-40(38-50-37-36-41(44(48)49)45(3,4)5)52-43(47)35-33-31-29-27-24-17-15-13-11-9-7-2/h8,10,13-16,19-20,22-23,26,28,40-41H,6-7,9,11-12,17-18,21,24-25,27,29-39H2,1-5H3/p+1/b10-8+,15-13+,16-14+,20-19+,23-22+,28-26+. The number of hydrogen-bond donors (Lipinski definition) is 1. The molecule has 0 aliphatic carbocycles. The Labute approximate surface area is 317 Å². The molecule has 0 heterocycles. The van der Waals surface area contributed by atoms with Crippen LogP contribution in [-0.2, 0) is 28.6 Å². The summed E-state index contributed by atoms with van der Waals surface area (Å²) in [5.74, 6) is -1.57. The summed E-state index contributed by atoms with van der Waals surface area (Å²) in [4.78, 5) is 36.8. The van der Waals surface area contributed by atoms with E-state index in [2.05, 4.69) is 86.8 Å². The molecule has 0 amide bonds. The van der Waals surface area contributed by atoms with E-state index in [9.17, 15) is 19.5 Å². The Hall–Kier alpha value is -3.23. The Morgan fingerprint density at radius 1 is 0.596 bits per heavy atom. The highest BCUT2D eigenvalue weighted by Gasteiger charge is 2.31. The average Bonchev–Trinajstić information content (AvgIpc) is 3.09. The third-order valence-electron chi connectivity index (χ3n) is 8.34. The van der Waals surface area contributed by atoms with Crippen LogP contribution in [0.25, 0.3) is 0 Å². The lowest BCUT2D eigenvalue weighted by molar-refractivity contribution is -0.887. The number of unbranched alkanes of at least 4 members (excludes halogenated alkanes) is 8. The molecule has 0 fully saturated rings. The first-order chi connectivity index (χ1) is 25.1. The first kappa shape index (κ1) is 48.8. The molecular formula is C44H74NO7+. The van der Waals surface area contributed by atoms with Crippen molar-refractivity contribution in [3.8, 4) is 0 Å². The van der Waals surface area contributed by atoms with Gasteiger partial charge >= 0.3 is 17.9 Å². The molecule has 8 nitrogen and oxygen atoms in total. The predicted molar refractivity (Wildman–Crippen MR) is 215 cm³/mol. The van der Waals surface area contributed by atoms with Gasteiger partial charge in [-0.2, -0.15) is 0 Å². The third-order valence-corrected chi connectivity index (χ3v) is 8.34. The van der Waals surface area contributed by atoms with Crippen LogP contribution in [0.15, 0.2) is 72.9 Å². The van der Waals surface area contributed by atoms with E-state index in [1.54, 1.807) is 0 Å². The van der Waals surface area contributed by atoms with Crippen LogP contribution in [0.4, 0.5) is 0 Å². The summed E-state index contributed by atoms with van der Waals surface area (Å²) in [5.41, 5.74) is 0. The number of hydrogen-bond acceptors (Lipinski definition) is 6. The highest BCUT2D eigenvalue weighted by molar-refractivity contribution is 5.72. The van der Waals surface area contributed by atoms with E-state index >= 15 is 0 Å². The van der Waals surface area contributed by atoms with Crippen molar-refractivity contribution in [1.82, 2.24) is 0 Å². The van der Waals surface area contributed by atoms with E-state index in [4.69, 9.17) is 14.2 Å². The lowest BCUT2D eigenvalue weighted by Gasteiger charge is -2.31. The predicted octanol–water partition coefficient (Wildman–Crippen LogP) is 10.4. The van der Waals surface area contributed by atoms with Crippen molar-refractivity contribution in [2.24, 2.45) is 0 Å². The second kappa shape index (κ2) is 34.8. The zero-order chi connectivity index (χ0) is 38.5. The summed E-state index contributed by atoms with van der Waals surface area (Å²) >= 11 is 0. The molecule has 0 spiro atoms. The van der Waals surface area contributed by atoms with E-state index in [-0.39, 0.29) is 42.7 Å². The van der Waals surface area contributed by atoms with Gasteiger partial charge in [-0.25, -0.2) is 4.79 Å². The van der Waals surface area contributed by atoms with E-state index in [1.807, 2.05) is 21.1 Å². The molecule has 0 aromatic rings. The van der Waals surface area contributed by atoms with Crippen LogP contribution in [0.2, 0.25) is 0 Å². The minimum atomic E-state index is -0.888. The zero-order valence-electron chi connectivity index (χ0n) is 33.5. The Bertz CT molecular complexity index is 1080. The lowest BCUT2D eigenvalue weighted by atomic mass is 10.1. The molecule has 0 aromatic carbocycles. The largest absolute Gasteiger partial charge is 0.477 e. The van der Waals surface area contributed by atoms with Gasteiger partial charge in [0.1, 0.15) is 6.61 Å². The van der Waals surface area contributed by atoms with E-state index in [0.717, 1.165) is 83.5 Å². The Balaban J connectivity index is 4.51. The van der Waals surface area contributed by atoms with Gasteiger partial charge in [-0.1, -0.05) is 119 Å². The van der Waals surface area contributed by atoms with Crippen LogP contribution in [-0.4, -0.2) is 80.6 Å². The first-order valence-electron chi connectivity index (χ1n) is 20.0. The Morgan fingerprint density at radius 3 is 1.67 bits per heavy atom. The number of carboxylic acids is 1. The average molecular weight is 729 g/mol. The summed E-state index contributed by atoms with van der Waals surface area (Å²) in [6, 6.07) is -0.626. The third kappa shape index (κ3) is 32.7. The maximum atomic E-state index is 12.6. The van der Waals surface area contributed by atoms with E-state index in [0.29, 0.717) is 19.3 Å². The molecule has 0 aliphatic rings. The smallest absolute Gasteiger partial charge is 0.362 e. The number of carboxylic acid groups (broad SMARTS) is 1. The van der Waals surface area contributed by atoms with Crippen molar-refractivity contribution >= 4 is 17.9 Å². The number of aliphatic carboxylic acids is 1. The SMILES string of the molecule is CC/C=C/C/C=C/C/C=C/C/C=C/C/C=C/CCCC(=O)OCC(COCCC(C(=O)O)[N+](C)(C)C)OC(=O)CCCCCCC/C=C/CCCC. The second-order valence-electron chi connectivity index (χ2n) is 14.1. The first-order valence-corrected chi connectivity index (χ1v) is 20.0. The van der Waals surface area contributed by atoms with Gasteiger partial charge in [0.15, 0.2) is 12.1 Å². The van der Waals surface area contributed by atoms with Gasteiger partial charge in [0.05, 0.1) is 34.4 Å². The molecule has 0 radical (unpaired) electrons. The van der Waals surface area contributed by atoms with Crippen LogP contribution >= 0.6 is 0 Å². The van der Waals surface area contributed by atoms with Crippen molar-refractivity contribution in [1.29, 1.82) is 0 Å². The number of allylic oxidation sites excluding steroid dienone is 12. The number of quaternary nitrogens is 1. The molecule has 1 N–H and O–H groups in total. The molecule has 0 saturated carbocycles. The van der Waals surface area contributed by atoms with Gasteiger partial charge in [0.25, 0.3) is 0 Å². The van der Waals surface area contributed by atoms with Crippen molar-refractivity contribution in [3.63, 3.8) is 0 Å². The van der Waals surface area contributed by atoms with Gasteiger partial charge in [-0.05, 0) is 70.6 Å². The summed E-state index contributed by atoms with van der Waals surface area (Å²) in [6.07, 6.45) is 42.4. The molecule has 52 heavy (non-hydrogen) atoms. The van der Waals surface area contributed by atoms with Crippen LogP contribution in [0.3, 0.4) is 0 Å². The molecule has 0 rings (SSSR count). The normalized spacial score (nSPS) is 13.8. The number of esters is 2. The van der Waals surface area contributed by atoms with Gasteiger partial charge in [0.2, 0.25) is 0 Å². The molecule has 0 aliphatic heterocycles. The number of ether oxygens (including phenoxy) is 3. The number of likely N-dealkylation sites (N-methyl/N-ethyl adjacent to an activating group) is 1. The number of carbonyl (C=O) groups is 3. The van der Waals surface area contributed by atoms with Crippen molar-refractivity contribution in [2.75, 3.05) is 41.0 Å². The fraction of sp³-hybridized carbons (Fsp3) is 0.659. The molecule has 0 saturated heterocycles. The summed E-state index contributed by atoms with van der Waals surface area (Å²) in [7, 11) is 5.49. The molecular weight excluding hydrogens is 654 g/mol. The summed E-state index contributed by atoms with van der Waals surface area (Å²) in [5, 5.41) is 9.59. The number of nitrogens with zero attached hydrogens (tertiary/aromatic N) is 1. The summed E-state index contributed by atoms with van der Waals surface area (Å²) < 4.78 is 17.1. The Kier molecular flexibility index (Phi) is 32.7. The monoisotopic (exact) mass is 729 g/mol. The van der Waals surface area contributed by atoms with Gasteiger partial charge < -0.3 is 23.8 Å². The minimum Gasteiger partial charge on any atom is -0.477 e. The van der Waals surface area contributed by atoms with Crippen molar-refractivity contribution in [3.05, 3.63) is 72.9 Å².